The number of rotatable bonds is 6. The van der Waals surface area contributed by atoms with Crippen molar-refractivity contribution >= 4 is 38.8 Å². The van der Waals surface area contributed by atoms with E-state index in [0.717, 1.165) is 69.9 Å². The molecule has 0 aromatic carbocycles. The Kier molecular flexibility index (Phi) is 7.21. The minimum absolute atomic E-state index is 0.538. The molecule has 6 heteroatoms. The molecule has 1 aliphatic rings. The van der Waals surface area contributed by atoms with Gasteiger partial charge in [-0.1, -0.05) is 30.1 Å². The number of thiazole rings is 1. The standard InChI is InChI=1S/C24H33N5S/c1-8-15(3)21-14-26-22(16(4)20(21)9-2)17(5)27-23-18(6)28-24(30-23)29(7)19-10-12-25-13-11-19/h8-9,14,19,25H,2,10-13H2,1,3-7H3/b15-8+,27-17+. The Labute approximate surface area is 184 Å². The normalized spacial score (nSPS) is 16.1. The first-order chi connectivity index (χ1) is 14.4. The summed E-state index contributed by atoms with van der Waals surface area (Å²) in [5.41, 5.74) is 7.35. The van der Waals surface area contributed by atoms with Crippen LogP contribution in [0.3, 0.4) is 0 Å². The predicted molar refractivity (Wildman–Crippen MR) is 131 cm³/mol. The molecule has 160 valence electrons. The van der Waals surface area contributed by atoms with Crippen LogP contribution in [-0.4, -0.2) is 41.9 Å². The molecule has 1 fully saturated rings. The third-order valence-corrected chi connectivity index (χ3v) is 7.11. The molecule has 0 spiro atoms. The number of pyridine rings is 1. The molecule has 0 atom stereocenters. The van der Waals surface area contributed by atoms with Crippen molar-refractivity contribution in [2.75, 3.05) is 25.0 Å². The van der Waals surface area contributed by atoms with Crippen molar-refractivity contribution in [1.29, 1.82) is 0 Å². The fraction of sp³-hybridized carbons (Fsp3) is 0.458. The molecule has 3 heterocycles. The summed E-state index contributed by atoms with van der Waals surface area (Å²) in [4.78, 5) is 16.8. The van der Waals surface area contributed by atoms with E-state index in [1.807, 2.05) is 33.0 Å². The van der Waals surface area contributed by atoms with Crippen molar-refractivity contribution in [3.63, 3.8) is 0 Å². The molecule has 5 nitrogen and oxygen atoms in total. The average Bonchev–Trinajstić information content (AvgIpc) is 3.12. The number of hydrogen-bond acceptors (Lipinski definition) is 6. The second kappa shape index (κ2) is 9.67. The molecule has 2 aromatic rings. The van der Waals surface area contributed by atoms with Crippen LogP contribution < -0.4 is 10.2 Å². The van der Waals surface area contributed by atoms with Gasteiger partial charge in [0.05, 0.1) is 17.1 Å². The maximum absolute atomic E-state index is 4.93. The van der Waals surface area contributed by atoms with E-state index >= 15 is 0 Å². The topological polar surface area (TPSA) is 53.4 Å². The van der Waals surface area contributed by atoms with Gasteiger partial charge in [-0.15, -0.1) is 0 Å². The zero-order valence-electron chi connectivity index (χ0n) is 19.0. The van der Waals surface area contributed by atoms with E-state index in [2.05, 4.69) is 43.8 Å². The molecule has 0 bridgehead atoms. The van der Waals surface area contributed by atoms with E-state index < -0.39 is 0 Å². The van der Waals surface area contributed by atoms with Crippen molar-refractivity contribution in [2.24, 2.45) is 4.99 Å². The molecular formula is C24H33N5S. The highest BCUT2D eigenvalue weighted by Gasteiger charge is 2.21. The summed E-state index contributed by atoms with van der Waals surface area (Å²) in [6, 6.07) is 0.538. The lowest BCUT2D eigenvalue weighted by Crippen LogP contribution is -2.41. The Morgan fingerprint density at radius 3 is 2.63 bits per heavy atom. The van der Waals surface area contributed by atoms with Crippen LogP contribution in [0.5, 0.6) is 0 Å². The van der Waals surface area contributed by atoms with Gasteiger partial charge >= 0.3 is 0 Å². The highest BCUT2D eigenvalue weighted by atomic mass is 32.1. The highest BCUT2D eigenvalue weighted by Crippen LogP contribution is 2.35. The molecule has 1 aliphatic heterocycles. The van der Waals surface area contributed by atoms with Crippen molar-refractivity contribution in [1.82, 2.24) is 15.3 Å². The van der Waals surface area contributed by atoms with Gasteiger partial charge in [-0.3, -0.25) is 4.98 Å². The van der Waals surface area contributed by atoms with E-state index in [-0.39, 0.29) is 0 Å². The van der Waals surface area contributed by atoms with Gasteiger partial charge in [0.25, 0.3) is 0 Å². The van der Waals surface area contributed by atoms with Crippen LogP contribution in [0.25, 0.3) is 11.6 Å². The van der Waals surface area contributed by atoms with Gasteiger partial charge in [0.2, 0.25) is 0 Å². The number of hydrogen-bond donors (Lipinski definition) is 1. The lowest BCUT2D eigenvalue weighted by atomic mass is 9.96. The minimum atomic E-state index is 0.538. The lowest BCUT2D eigenvalue weighted by molar-refractivity contribution is 0.443. The predicted octanol–water partition coefficient (Wildman–Crippen LogP) is 5.55. The molecule has 3 rings (SSSR count). The zero-order chi connectivity index (χ0) is 21.8. The highest BCUT2D eigenvalue weighted by molar-refractivity contribution is 7.19. The maximum Gasteiger partial charge on any atom is 0.187 e. The van der Waals surface area contributed by atoms with Crippen molar-refractivity contribution in [2.45, 2.75) is 53.5 Å². The Morgan fingerprint density at radius 2 is 2.00 bits per heavy atom. The quantitative estimate of drug-likeness (QED) is 0.619. The van der Waals surface area contributed by atoms with E-state index in [0.29, 0.717) is 6.04 Å². The molecule has 2 aromatic heterocycles. The summed E-state index contributed by atoms with van der Waals surface area (Å²) < 4.78 is 0. The smallest absolute Gasteiger partial charge is 0.187 e. The van der Waals surface area contributed by atoms with Gasteiger partial charge in [0.1, 0.15) is 5.00 Å². The summed E-state index contributed by atoms with van der Waals surface area (Å²) in [6.07, 6.45) is 8.26. The van der Waals surface area contributed by atoms with Gasteiger partial charge in [-0.2, -0.15) is 0 Å². The fourth-order valence-electron chi connectivity index (χ4n) is 3.91. The average molecular weight is 424 g/mol. The number of allylic oxidation sites excluding steroid dienone is 2. The van der Waals surface area contributed by atoms with Crippen LogP contribution >= 0.6 is 11.3 Å². The lowest BCUT2D eigenvalue weighted by Gasteiger charge is -2.31. The first-order valence-corrected chi connectivity index (χ1v) is 11.4. The Hall–Kier alpha value is -2.31. The molecule has 0 aliphatic carbocycles. The van der Waals surface area contributed by atoms with Gasteiger partial charge in [-0.05, 0) is 77.2 Å². The number of aromatic nitrogens is 2. The summed E-state index contributed by atoms with van der Waals surface area (Å²) in [6.45, 7) is 16.5. The number of aliphatic imine (C=N–C) groups is 1. The summed E-state index contributed by atoms with van der Waals surface area (Å²) in [5.74, 6) is 0. The summed E-state index contributed by atoms with van der Waals surface area (Å²) in [7, 11) is 2.15. The fourth-order valence-corrected chi connectivity index (χ4v) is 4.93. The number of nitrogens with one attached hydrogen (secondary N) is 1. The van der Waals surface area contributed by atoms with Crippen molar-refractivity contribution in [3.05, 3.63) is 46.9 Å². The Morgan fingerprint density at radius 1 is 1.30 bits per heavy atom. The van der Waals surface area contributed by atoms with Crippen LogP contribution in [0.1, 0.15) is 61.7 Å². The number of anilines is 1. The van der Waals surface area contributed by atoms with Crippen LogP contribution in [-0.2, 0) is 0 Å². The SMILES string of the molecule is C=Cc1c(/C(C)=C/C)cnc(/C(C)=N/c2sc(N(C)C3CCNCC3)nc2C)c1C. The monoisotopic (exact) mass is 423 g/mol. The molecule has 0 unspecified atom stereocenters. The van der Waals surface area contributed by atoms with Crippen LogP contribution in [0.4, 0.5) is 10.1 Å². The number of nitrogens with zero attached hydrogens (tertiary/aromatic N) is 4. The van der Waals surface area contributed by atoms with Gasteiger partial charge in [0, 0.05) is 24.8 Å². The maximum atomic E-state index is 4.93. The zero-order valence-corrected chi connectivity index (χ0v) is 19.9. The summed E-state index contributed by atoms with van der Waals surface area (Å²) in [5, 5.41) is 5.43. The molecule has 0 amide bonds. The van der Waals surface area contributed by atoms with Gasteiger partial charge in [-0.25, -0.2) is 9.98 Å². The van der Waals surface area contributed by atoms with Crippen LogP contribution in [0, 0.1) is 13.8 Å². The Bertz CT molecular complexity index is 980. The van der Waals surface area contributed by atoms with Gasteiger partial charge in [0.15, 0.2) is 5.13 Å². The first kappa shape index (κ1) is 22.4. The summed E-state index contributed by atoms with van der Waals surface area (Å²) >= 11 is 1.66. The van der Waals surface area contributed by atoms with Crippen LogP contribution in [0.15, 0.2) is 23.8 Å². The second-order valence-corrected chi connectivity index (χ2v) is 8.87. The van der Waals surface area contributed by atoms with E-state index in [1.165, 1.54) is 5.57 Å². The second-order valence-electron chi connectivity index (χ2n) is 7.91. The molecular weight excluding hydrogens is 390 g/mol. The third-order valence-electron chi connectivity index (χ3n) is 5.97. The minimum Gasteiger partial charge on any atom is -0.348 e. The van der Waals surface area contributed by atoms with E-state index in [1.54, 1.807) is 11.3 Å². The van der Waals surface area contributed by atoms with Crippen molar-refractivity contribution in [3.8, 4) is 0 Å². The van der Waals surface area contributed by atoms with E-state index in [4.69, 9.17) is 15.0 Å². The van der Waals surface area contributed by atoms with Crippen molar-refractivity contribution < 1.29 is 0 Å². The molecule has 1 saturated heterocycles. The number of aryl methyl sites for hydroxylation is 1. The number of piperidine rings is 1. The molecule has 30 heavy (non-hydrogen) atoms. The Balaban J connectivity index is 1.92. The van der Waals surface area contributed by atoms with Crippen LogP contribution in [0.2, 0.25) is 0 Å². The van der Waals surface area contributed by atoms with Gasteiger partial charge < -0.3 is 10.2 Å². The molecule has 0 radical (unpaired) electrons. The van der Waals surface area contributed by atoms with E-state index in [9.17, 15) is 0 Å². The largest absolute Gasteiger partial charge is 0.348 e. The molecule has 1 N–H and O–H groups in total. The third kappa shape index (κ3) is 4.55. The first-order valence-electron chi connectivity index (χ1n) is 10.6. The molecule has 0 saturated carbocycles.